The van der Waals surface area contributed by atoms with Crippen LogP contribution < -0.4 is 20.6 Å². The van der Waals surface area contributed by atoms with Gasteiger partial charge in [-0.2, -0.15) is 18.6 Å². The molecule has 0 radical (unpaired) electrons. The van der Waals surface area contributed by atoms with Crippen molar-refractivity contribution in [2.75, 3.05) is 26.2 Å². The monoisotopic (exact) mass is 1010 g/mol. The van der Waals surface area contributed by atoms with Crippen molar-refractivity contribution in [3.8, 4) is 11.5 Å². The Labute approximate surface area is 423 Å². The van der Waals surface area contributed by atoms with Crippen LogP contribution >= 0.6 is 23.2 Å². The van der Waals surface area contributed by atoms with E-state index in [4.69, 9.17) is 63.0 Å². The lowest BCUT2D eigenvalue weighted by atomic mass is 10.1. The molecule has 2 aromatic heterocycles. The molecule has 5 rings (SSSR count). The number of ether oxygens (including phenoxy) is 4. The highest BCUT2D eigenvalue weighted by molar-refractivity contribution is 7.86. The lowest BCUT2D eigenvalue weighted by molar-refractivity contribution is 0.0845. The quantitative estimate of drug-likeness (QED) is 0.0570. The summed E-state index contributed by atoms with van der Waals surface area (Å²) < 4.78 is 156. The second kappa shape index (κ2) is 23.8. The number of nitrogens with zero attached hydrogens (tertiary/aromatic N) is 4. The lowest BCUT2D eigenvalue weighted by Gasteiger charge is -2.36. The molecule has 18 heteroatoms. The summed E-state index contributed by atoms with van der Waals surface area (Å²) in [6, 6.07) is 16.7. The van der Waals surface area contributed by atoms with Crippen LogP contribution in [0.5, 0.6) is 11.5 Å². The minimum atomic E-state index is -4.65. The Kier molecular flexibility index (Phi) is 14.0. The summed E-state index contributed by atoms with van der Waals surface area (Å²) in [5.41, 5.74) is -0.865. The van der Waals surface area contributed by atoms with Gasteiger partial charge in [0.15, 0.2) is 29.9 Å². The highest BCUT2D eigenvalue weighted by Gasteiger charge is 2.37. The van der Waals surface area contributed by atoms with Gasteiger partial charge >= 0.3 is 0 Å². The minimum Gasteiger partial charge on any atom is -0.485 e. The molecule has 366 valence electrons. The van der Waals surface area contributed by atoms with E-state index in [1.54, 1.807) is 48.5 Å². The summed E-state index contributed by atoms with van der Waals surface area (Å²) >= 11 is 12.3. The number of benzene rings is 3. The zero-order valence-electron chi connectivity index (χ0n) is 51.5. The van der Waals surface area contributed by atoms with Crippen molar-refractivity contribution in [1.82, 2.24) is 19.6 Å². The van der Waals surface area contributed by atoms with Crippen molar-refractivity contribution in [3.63, 3.8) is 0 Å². The zero-order chi connectivity index (χ0) is 60.6. The van der Waals surface area contributed by atoms with Crippen LogP contribution in [0.3, 0.4) is 0 Å². The second-order valence-electron chi connectivity index (χ2n) is 18.4. The number of aromatic nitrogens is 4. The maximum absolute atomic E-state index is 12.5. The molecule has 67 heavy (non-hydrogen) atoms. The molecular weight excluding hydrogens is 936 g/mol. The Hall–Kier alpha value is -4.39. The van der Waals surface area contributed by atoms with Crippen LogP contribution in [0.25, 0.3) is 0 Å². The molecule has 0 saturated heterocycles. The van der Waals surface area contributed by atoms with Gasteiger partial charge in [-0.25, -0.2) is 9.36 Å². The van der Waals surface area contributed by atoms with Crippen LogP contribution in [0, 0.1) is 6.92 Å². The summed E-state index contributed by atoms with van der Waals surface area (Å²) in [4.78, 5) is 24.7. The maximum Gasteiger partial charge on any atom is 0.297 e. The Morgan fingerprint density at radius 3 is 1.39 bits per heavy atom. The first-order chi connectivity index (χ1) is 35.6. The van der Waals surface area contributed by atoms with Gasteiger partial charge in [0.25, 0.3) is 21.2 Å². The molecule has 0 N–H and O–H groups in total. The van der Waals surface area contributed by atoms with Gasteiger partial charge in [0.2, 0.25) is 0 Å². The largest absolute Gasteiger partial charge is 0.485 e. The van der Waals surface area contributed by atoms with Crippen molar-refractivity contribution >= 4 is 41.6 Å². The molecule has 0 fully saturated rings. The smallest absolute Gasteiger partial charge is 0.297 e. The van der Waals surface area contributed by atoms with Crippen molar-refractivity contribution < 1.29 is 52.4 Å². The van der Waals surface area contributed by atoms with Crippen molar-refractivity contribution in [1.29, 1.82) is 0 Å². The van der Waals surface area contributed by atoms with Crippen LogP contribution in [-0.4, -0.2) is 62.5 Å². The van der Waals surface area contributed by atoms with Crippen molar-refractivity contribution in [3.05, 3.63) is 144 Å². The summed E-state index contributed by atoms with van der Waals surface area (Å²) in [6.45, 7) is 4.17. The molecule has 0 bridgehead atoms. The third-order valence-electron chi connectivity index (χ3n) is 9.79. The van der Waals surface area contributed by atoms with Gasteiger partial charge in [-0.05, 0) is 101 Å². The average Bonchev–Trinajstić information content (AvgIpc) is 3.29. The van der Waals surface area contributed by atoms with Gasteiger partial charge in [-0.1, -0.05) is 110 Å². The van der Waals surface area contributed by atoms with E-state index < -0.39 is 86.6 Å². The maximum atomic E-state index is 12.5. The van der Waals surface area contributed by atoms with Gasteiger partial charge in [-0.3, -0.25) is 13.8 Å². The molecule has 2 heterocycles. The standard InChI is InChI=1S/C25H29ClN2O6S.C24H37ClN2O4Si/c1-18-5-11-21(12-6-18)35(30,31)34-14-13-32-16-19-7-9-20(10-8-19)17-33-22-15-27-28(25(2,3)4)24(29)23(22)26;1-23(2,3)27-22(28)21(25)20(15-26-27)30-17-19-11-9-18(10-12-19)16-29-13-14-31-32(7,8)24(4,5)6/h5-12,15H,13-14,16-17H2,1-4H3;9-12,15H,13-14,16-17H2,1-8H3/i2*13D2,14D2,17D2. The zero-order valence-corrected chi connectivity index (χ0v) is 42.9. The van der Waals surface area contributed by atoms with Crippen molar-refractivity contribution in [2.24, 2.45) is 0 Å². The molecule has 0 aliphatic rings. The number of rotatable bonds is 19. The first-order valence-electron chi connectivity index (χ1n) is 26.7. The van der Waals surface area contributed by atoms with Crippen LogP contribution in [0.4, 0.5) is 0 Å². The van der Waals surface area contributed by atoms with E-state index in [0.29, 0.717) is 11.1 Å². The van der Waals surface area contributed by atoms with Gasteiger partial charge in [0.1, 0.15) is 13.1 Å². The summed E-state index contributed by atoms with van der Waals surface area (Å²) in [5.74, 6) is -0.461. The number of hydrogen-bond acceptors (Lipinski definition) is 12. The second-order valence-corrected chi connectivity index (χ2v) is 25.4. The SMILES string of the molecule is [2H]C([2H])(Oc1cnn(C(C)(C)C)c(=O)c1Cl)c1ccc(COC([2H])([2H])C([2H])([2H])OS(=O)(=O)c2ccc(C)cc2)cc1.[2H]C([2H])(Oc1cnn(C(C)(C)C)c(=O)c1Cl)c1ccc(COC([2H])([2H])C([2H])([2H])O[Si](C)(C)C(C)(C)C)cc1. The third-order valence-corrected chi connectivity index (χ3v) is 15.9. The molecule has 0 aliphatic heterocycles. The molecule has 0 amide bonds. The van der Waals surface area contributed by atoms with Gasteiger partial charge in [-0.15, -0.1) is 0 Å². The fraction of sp³-hybridized carbons (Fsp3) is 0.469. The number of hydrogen-bond donors (Lipinski definition) is 0. The third kappa shape index (κ3) is 16.7. The first kappa shape index (κ1) is 39.5. The Balaban J connectivity index is 0.000000342. The van der Waals surface area contributed by atoms with Gasteiger partial charge in [0.05, 0.1) is 84.3 Å². The molecule has 0 atom stereocenters. The fourth-order valence-corrected chi connectivity index (χ4v) is 6.57. The molecule has 14 nitrogen and oxygen atoms in total. The Morgan fingerprint density at radius 1 is 0.612 bits per heavy atom. The van der Waals surface area contributed by atoms with Gasteiger partial charge < -0.3 is 23.4 Å². The molecular formula is C49H66Cl2N4O10SSi. The molecule has 0 saturated carbocycles. The molecule has 3 aromatic carbocycles. The number of halogens is 2. The van der Waals surface area contributed by atoms with E-state index in [0.717, 1.165) is 16.4 Å². The lowest BCUT2D eigenvalue weighted by Crippen LogP contribution is -2.41. The van der Waals surface area contributed by atoms with Crippen LogP contribution in [0.2, 0.25) is 28.2 Å². The van der Waals surface area contributed by atoms with Crippen molar-refractivity contribution in [2.45, 2.75) is 130 Å². The summed E-state index contributed by atoms with van der Waals surface area (Å²) in [6.07, 6.45) is 2.34. The van der Waals surface area contributed by atoms with E-state index >= 15 is 0 Å². The highest BCUT2D eigenvalue weighted by Crippen LogP contribution is 2.36. The Bertz CT molecular complexity index is 3170. The predicted octanol–water partition coefficient (Wildman–Crippen LogP) is 10.2. The Morgan fingerprint density at radius 2 is 1.00 bits per heavy atom. The van der Waals surface area contributed by atoms with E-state index in [2.05, 4.69) is 14.4 Å². The van der Waals surface area contributed by atoms with Crippen LogP contribution in [-0.2, 0) is 65.6 Å². The molecule has 5 aromatic rings. The first-order valence-corrected chi connectivity index (χ1v) is 25.8. The minimum absolute atomic E-state index is 0.0168. The summed E-state index contributed by atoms with van der Waals surface area (Å²) in [7, 11) is -7.27. The van der Waals surface area contributed by atoms with Gasteiger partial charge in [0, 0.05) is 0 Å². The number of aryl methyl sites for hydroxylation is 1. The topological polar surface area (TPSA) is 159 Å². The average molecular weight is 1010 g/mol. The fourth-order valence-electron chi connectivity index (χ4n) is 4.92. The molecule has 0 spiro atoms. The van der Waals surface area contributed by atoms with E-state index in [-0.39, 0.29) is 49.2 Å². The van der Waals surface area contributed by atoms with E-state index in [9.17, 15) is 18.0 Å². The van der Waals surface area contributed by atoms with Crippen LogP contribution in [0.1, 0.15) is 107 Å². The predicted molar refractivity (Wildman–Crippen MR) is 265 cm³/mol. The van der Waals surface area contributed by atoms with E-state index in [1.807, 2.05) is 33.9 Å². The highest BCUT2D eigenvalue weighted by atomic mass is 35.5. The molecule has 0 unspecified atom stereocenters. The van der Waals surface area contributed by atoms with E-state index in [1.165, 1.54) is 83.7 Å². The van der Waals surface area contributed by atoms with Crippen LogP contribution in [0.15, 0.2) is 99.7 Å². The molecule has 0 aliphatic carbocycles. The summed E-state index contributed by atoms with van der Waals surface area (Å²) in [5, 5.41) is 7.10. The normalized spacial score (nSPS) is 16.3.